The molecule has 3 atom stereocenters. The fraction of sp³-hybridized carbons (Fsp3) is 0.727. The van der Waals surface area contributed by atoms with Crippen LogP contribution in [0.25, 0.3) is 0 Å². The van der Waals surface area contributed by atoms with E-state index < -0.39 is 6.10 Å². The molecule has 0 saturated carbocycles. The number of likely N-dealkylation sites (tertiary alicyclic amines) is 1. The standard InChI is InChI=1S/C11H17N3O4/c1-6-4-9(15)14(11(6)17)5-7-2-3-8(18-7)10(16)13-12/h6-8H,2-5,12H2,1H3,(H,13,16). The molecule has 0 aromatic carbocycles. The van der Waals surface area contributed by atoms with E-state index in [-0.39, 0.29) is 42.7 Å². The first-order valence-corrected chi connectivity index (χ1v) is 6.03. The lowest BCUT2D eigenvalue weighted by molar-refractivity contribution is -0.142. The van der Waals surface area contributed by atoms with E-state index in [9.17, 15) is 14.4 Å². The van der Waals surface area contributed by atoms with Gasteiger partial charge >= 0.3 is 0 Å². The Bertz CT molecular complexity index is 384. The molecule has 18 heavy (non-hydrogen) atoms. The van der Waals surface area contributed by atoms with Gasteiger partial charge in [-0.1, -0.05) is 6.92 Å². The maximum absolute atomic E-state index is 11.7. The fourth-order valence-electron chi connectivity index (χ4n) is 2.37. The van der Waals surface area contributed by atoms with Gasteiger partial charge in [0.05, 0.1) is 12.6 Å². The molecule has 7 heteroatoms. The molecular weight excluding hydrogens is 238 g/mol. The fourth-order valence-corrected chi connectivity index (χ4v) is 2.37. The van der Waals surface area contributed by atoms with Crippen LogP contribution in [-0.2, 0) is 19.1 Å². The number of carbonyl (C=O) groups is 3. The molecule has 2 fully saturated rings. The first-order valence-electron chi connectivity index (χ1n) is 6.03. The van der Waals surface area contributed by atoms with E-state index in [0.29, 0.717) is 12.8 Å². The summed E-state index contributed by atoms with van der Waals surface area (Å²) in [5.41, 5.74) is 2.03. The van der Waals surface area contributed by atoms with Gasteiger partial charge in [0.15, 0.2) is 0 Å². The van der Waals surface area contributed by atoms with Gasteiger partial charge in [-0.05, 0) is 12.8 Å². The van der Waals surface area contributed by atoms with Gasteiger partial charge in [0.2, 0.25) is 11.8 Å². The highest BCUT2D eigenvalue weighted by Gasteiger charge is 2.39. The van der Waals surface area contributed by atoms with Crippen molar-refractivity contribution in [2.75, 3.05) is 6.54 Å². The van der Waals surface area contributed by atoms with Gasteiger partial charge in [-0.3, -0.25) is 24.7 Å². The third kappa shape index (κ3) is 2.37. The van der Waals surface area contributed by atoms with Crippen molar-refractivity contribution < 1.29 is 19.1 Å². The number of hydrogen-bond acceptors (Lipinski definition) is 5. The number of nitrogens with zero attached hydrogens (tertiary/aromatic N) is 1. The van der Waals surface area contributed by atoms with E-state index in [1.54, 1.807) is 6.92 Å². The molecule has 7 nitrogen and oxygen atoms in total. The van der Waals surface area contributed by atoms with E-state index in [0.717, 1.165) is 0 Å². The topological polar surface area (TPSA) is 102 Å². The summed E-state index contributed by atoms with van der Waals surface area (Å²) >= 11 is 0. The van der Waals surface area contributed by atoms with E-state index in [2.05, 4.69) is 0 Å². The Morgan fingerprint density at radius 1 is 1.50 bits per heavy atom. The maximum atomic E-state index is 11.7. The number of hydrazine groups is 1. The molecule has 0 bridgehead atoms. The van der Waals surface area contributed by atoms with Crippen LogP contribution in [0.4, 0.5) is 0 Å². The van der Waals surface area contributed by atoms with Crippen LogP contribution in [0.3, 0.4) is 0 Å². The van der Waals surface area contributed by atoms with Crippen LogP contribution in [0.15, 0.2) is 0 Å². The normalized spacial score (nSPS) is 32.1. The molecule has 3 unspecified atom stereocenters. The van der Waals surface area contributed by atoms with Crippen molar-refractivity contribution in [2.24, 2.45) is 11.8 Å². The molecule has 0 aromatic heterocycles. The minimum absolute atomic E-state index is 0.157. The molecule has 3 N–H and O–H groups in total. The van der Waals surface area contributed by atoms with E-state index in [1.807, 2.05) is 5.43 Å². The summed E-state index contributed by atoms with van der Waals surface area (Å²) in [6.45, 7) is 1.97. The van der Waals surface area contributed by atoms with Crippen LogP contribution in [-0.4, -0.2) is 41.4 Å². The van der Waals surface area contributed by atoms with Crippen LogP contribution >= 0.6 is 0 Å². The molecule has 2 saturated heterocycles. The van der Waals surface area contributed by atoms with Crippen LogP contribution < -0.4 is 11.3 Å². The lowest BCUT2D eigenvalue weighted by Crippen LogP contribution is -2.41. The van der Waals surface area contributed by atoms with Crippen molar-refractivity contribution in [1.82, 2.24) is 10.3 Å². The SMILES string of the molecule is CC1CC(=O)N(CC2CCC(C(=O)NN)O2)C1=O. The number of imide groups is 1. The first-order chi connectivity index (χ1) is 8.52. The monoisotopic (exact) mass is 255 g/mol. The number of rotatable bonds is 3. The first kappa shape index (κ1) is 13.0. The summed E-state index contributed by atoms with van der Waals surface area (Å²) < 4.78 is 5.47. The second-order valence-electron chi connectivity index (χ2n) is 4.78. The highest BCUT2D eigenvalue weighted by atomic mass is 16.5. The summed E-state index contributed by atoms with van der Waals surface area (Å²) in [5.74, 6) is 4.09. The van der Waals surface area contributed by atoms with Crippen LogP contribution in [0.5, 0.6) is 0 Å². The summed E-state index contributed by atoms with van der Waals surface area (Å²) in [6.07, 6.45) is 0.608. The molecule has 2 rings (SSSR count). The predicted octanol–water partition coefficient (Wildman–Crippen LogP) is -1.08. The molecule has 100 valence electrons. The van der Waals surface area contributed by atoms with E-state index >= 15 is 0 Å². The summed E-state index contributed by atoms with van der Waals surface area (Å²) in [5, 5.41) is 0. The number of ether oxygens (including phenoxy) is 1. The molecule has 0 spiro atoms. The van der Waals surface area contributed by atoms with Crippen molar-refractivity contribution in [1.29, 1.82) is 0 Å². The van der Waals surface area contributed by atoms with Gasteiger partial charge in [-0.15, -0.1) is 0 Å². The minimum atomic E-state index is -0.578. The molecular formula is C11H17N3O4. The zero-order valence-corrected chi connectivity index (χ0v) is 10.2. The number of hydrogen-bond donors (Lipinski definition) is 2. The van der Waals surface area contributed by atoms with E-state index in [4.69, 9.17) is 10.6 Å². The largest absolute Gasteiger partial charge is 0.363 e. The van der Waals surface area contributed by atoms with Gasteiger partial charge in [-0.2, -0.15) is 0 Å². The molecule has 0 radical (unpaired) electrons. The highest BCUT2D eigenvalue weighted by molar-refractivity contribution is 6.03. The Morgan fingerprint density at radius 3 is 2.78 bits per heavy atom. The summed E-state index contributed by atoms with van der Waals surface area (Å²) in [6, 6.07) is 0. The summed E-state index contributed by atoms with van der Waals surface area (Å²) in [7, 11) is 0. The average Bonchev–Trinajstić information content (AvgIpc) is 2.90. The van der Waals surface area contributed by atoms with E-state index in [1.165, 1.54) is 4.90 Å². The minimum Gasteiger partial charge on any atom is -0.363 e. The van der Waals surface area contributed by atoms with Crippen LogP contribution in [0, 0.1) is 5.92 Å². The van der Waals surface area contributed by atoms with Crippen molar-refractivity contribution in [3.05, 3.63) is 0 Å². The molecule has 2 aliphatic rings. The van der Waals surface area contributed by atoms with Gasteiger partial charge in [0.25, 0.3) is 5.91 Å². The Kier molecular flexibility index (Phi) is 3.63. The third-order valence-corrected chi connectivity index (χ3v) is 3.40. The van der Waals surface area contributed by atoms with Crippen molar-refractivity contribution >= 4 is 17.7 Å². The zero-order chi connectivity index (χ0) is 13.3. The van der Waals surface area contributed by atoms with Crippen molar-refractivity contribution in [2.45, 2.75) is 38.4 Å². The van der Waals surface area contributed by atoms with Crippen molar-refractivity contribution in [3.8, 4) is 0 Å². The molecule has 0 aromatic rings. The maximum Gasteiger partial charge on any atom is 0.263 e. The van der Waals surface area contributed by atoms with Crippen molar-refractivity contribution in [3.63, 3.8) is 0 Å². The van der Waals surface area contributed by atoms with Gasteiger partial charge in [0.1, 0.15) is 6.10 Å². The smallest absolute Gasteiger partial charge is 0.263 e. The quantitative estimate of drug-likeness (QED) is 0.289. The lowest BCUT2D eigenvalue weighted by Gasteiger charge is -2.19. The molecule has 2 aliphatic heterocycles. The molecule has 3 amide bonds. The second kappa shape index (κ2) is 5.03. The Morgan fingerprint density at radius 2 is 2.22 bits per heavy atom. The lowest BCUT2D eigenvalue weighted by atomic mass is 10.1. The van der Waals surface area contributed by atoms with Gasteiger partial charge in [-0.25, -0.2) is 5.84 Å². The van der Waals surface area contributed by atoms with Crippen LogP contribution in [0.2, 0.25) is 0 Å². The number of amides is 3. The summed E-state index contributed by atoms with van der Waals surface area (Å²) in [4.78, 5) is 35.8. The third-order valence-electron chi connectivity index (χ3n) is 3.40. The van der Waals surface area contributed by atoms with Crippen LogP contribution in [0.1, 0.15) is 26.2 Å². The van der Waals surface area contributed by atoms with Gasteiger partial charge < -0.3 is 4.74 Å². The Labute approximate surface area is 105 Å². The Hall–Kier alpha value is -1.47. The molecule has 0 aliphatic carbocycles. The number of nitrogens with two attached hydrogens (primary N) is 1. The average molecular weight is 255 g/mol. The number of carbonyl (C=O) groups excluding carboxylic acids is 3. The highest BCUT2D eigenvalue weighted by Crippen LogP contribution is 2.24. The number of nitrogens with one attached hydrogen (secondary N) is 1. The predicted molar refractivity (Wildman–Crippen MR) is 60.7 cm³/mol. The zero-order valence-electron chi connectivity index (χ0n) is 10.2. The second-order valence-corrected chi connectivity index (χ2v) is 4.78. The Balaban J connectivity index is 1.90. The molecule has 2 heterocycles. The van der Waals surface area contributed by atoms with Gasteiger partial charge in [0, 0.05) is 12.3 Å².